The Morgan fingerprint density at radius 3 is 2.48 bits per heavy atom. The first kappa shape index (κ1) is 21.2. The molecule has 1 aromatic heterocycles. The number of carbonyl (C=O) groups excluding carboxylic acids is 1. The molecule has 0 radical (unpaired) electrons. The third kappa shape index (κ3) is 5.18. The van der Waals surface area contributed by atoms with Gasteiger partial charge in [-0.3, -0.25) is 9.78 Å². The molecule has 4 rings (SSSR count). The van der Waals surface area contributed by atoms with Crippen LogP contribution < -0.4 is 10.2 Å². The number of rotatable bonds is 6. The number of carbonyl (C=O) groups is 1. The van der Waals surface area contributed by atoms with Crippen LogP contribution in [-0.4, -0.2) is 17.1 Å². The summed E-state index contributed by atoms with van der Waals surface area (Å²) in [4.78, 5) is 15.9. The molecule has 154 valence electrons. The second kappa shape index (κ2) is 9.85. The van der Waals surface area contributed by atoms with Gasteiger partial charge in [-0.2, -0.15) is 5.10 Å². The van der Waals surface area contributed by atoms with Crippen molar-refractivity contribution in [3.05, 3.63) is 105 Å². The molecule has 0 bridgehead atoms. The van der Waals surface area contributed by atoms with Gasteiger partial charge in [-0.25, -0.2) is 5.43 Å². The van der Waals surface area contributed by atoms with E-state index in [0.29, 0.717) is 17.9 Å². The van der Waals surface area contributed by atoms with Crippen LogP contribution in [0.4, 0.5) is 0 Å². The van der Waals surface area contributed by atoms with E-state index < -0.39 is 0 Å². The molecule has 31 heavy (non-hydrogen) atoms. The molecule has 0 aliphatic rings. The molecule has 4 aromatic rings. The van der Waals surface area contributed by atoms with E-state index in [2.05, 4.69) is 71.6 Å². The number of pyridine rings is 1. The molecule has 0 unspecified atom stereocenters. The van der Waals surface area contributed by atoms with Crippen molar-refractivity contribution < 1.29 is 9.53 Å². The molecule has 0 saturated heterocycles. The summed E-state index contributed by atoms with van der Waals surface area (Å²) in [6, 6.07) is 21.4. The number of ether oxygens (including phenoxy) is 1. The van der Waals surface area contributed by atoms with E-state index in [1.165, 1.54) is 10.8 Å². The summed E-state index contributed by atoms with van der Waals surface area (Å²) >= 11 is 7.14. The molecular formula is C24H17Br2N3O2. The molecule has 3 aromatic carbocycles. The lowest BCUT2D eigenvalue weighted by Gasteiger charge is -2.13. The predicted molar refractivity (Wildman–Crippen MR) is 129 cm³/mol. The molecule has 7 heteroatoms. The Hall–Kier alpha value is -3.03. The van der Waals surface area contributed by atoms with Crippen LogP contribution in [0.2, 0.25) is 0 Å². The SMILES string of the molecule is O=C(N/N=C/c1cc(Br)c(OCc2cccc3ccccc23)c(Br)c1)c1ccncc1. The number of nitrogens with zero attached hydrogens (tertiary/aromatic N) is 2. The summed E-state index contributed by atoms with van der Waals surface area (Å²) in [5.41, 5.74) is 4.91. The minimum atomic E-state index is -0.299. The highest BCUT2D eigenvalue weighted by atomic mass is 79.9. The van der Waals surface area contributed by atoms with Gasteiger partial charge in [0.2, 0.25) is 0 Å². The number of hydrogen-bond acceptors (Lipinski definition) is 4. The molecule has 1 amide bonds. The van der Waals surface area contributed by atoms with Gasteiger partial charge < -0.3 is 4.74 Å². The number of fused-ring (bicyclic) bond motifs is 1. The standard InChI is InChI=1S/C24H17Br2N3O2/c25-21-12-16(14-28-29-24(30)18-8-10-27-11-9-18)13-22(26)23(21)31-15-19-6-3-5-17-4-1-2-7-20(17)19/h1-14H,15H2,(H,29,30)/b28-14+. The van der Waals surface area contributed by atoms with Crippen molar-refractivity contribution in [3.8, 4) is 5.75 Å². The van der Waals surface area contributed by atoms with E-state index in [4.69, 9.17) is 4.74 Å². The quantitative estimate of drug-likeness (QED) is 0.238. The van der Waals surface area contributed by atoms with Crippen LogP contribution in [0.3, 0.4) is 0 Å². The zero-order chi connectivity index (χ0) is 21.6. The summed E-state index contributed by atoms with van der Waals surface area (Å²) in [6.45, 7) is 0.438. The van der Waals surface area contributed by atoms with Gasteiger partial charge in [0, 0.05) is 18.0 Å². The summed E-state index contributed by atoms with van der Waals surface area (Å²) < 4.78 is 7.67. The first-order valence-corrected chi connectivity index (χ1v) is 11.0. The maximum Gasteiger partial charge on any atom is 0.271 e. The number of hydrazone groups is 1. The van der Waals surface area contributed by atoms with Crippen LogP contribution in [0, 0.1) is 0 Å². The second-order valence-corrected chi connectivity index (χ2v) is 8.38. The predicted octanol–water partition coefficient (Wildman–Crippen LogP) is 6.10. The van der Waals surface area contributed by atoms with Crippen LogP contribution in [0.15, 0.2) is 93.2 Å². The highest BCUT2D eigenvalue weighted by molar-refractivity contribution is 9.11. The smallest absolute Gasteiger partial charge is 0.271 e. The maximum atomic E-state index is 12.0. The number of benzene rings is 3. The molecule has 5 nitrogen and oxygen atoms in total. The molecule has 0 fully saturated rings. The topological polar surface area (TPSA) is 63.6 Å². The molecule has 0 aliphatic heterocycles. The Morgan fingerprint density at radius 1 is 1.00 bits per heavy atom. The number of amides is 1. The first-order valence-electron chi connectivity index (χ1n) is 9.44. The lowest BCUT2D eigenvalue weighted by molar-refractivity contribution is 0.0955. The Labute approximate surface area is 196 Å². The van der Waals surface area contributed by atoms with E-state index in [9.17, 15) is 4.79 Å². The zero-order valence-corrected chi connectivity index (χ0v) is 19.4. The largest absolute Gasteiger partial charge is 0.487 e. The van der Waals surface area contributed by atoms with Gasteiger partial charge in [0.25, 0.3) is 5.91 Å². The van der Waals surface area contributed by atoms with Crippen molar-refractivity contribution in [2.45, 2.75) is 6.61 Å². The summed E-state index contributed by atoms with van der Waals surface area (Å²) in [5, 5.41) is 6.38. The molecule has 1 N–H and O–H groups in total. The second-order valence-electron chi connectivity index (χ2n) is 6.68. The average molecular weight is 539 g/mol. The Morgan fingerprint density at radius 2 is 1.71 bits per heavy atom. The van der Waals surface area contributed by atoms with E-state index >= 15 is 0 Å². The van der Waals surface area contributed by atoms with Gasteiger partial charge in [0.15, 0.2) is 0 Å². The van der Waals surface area contributed by atoms with Crippen LogP contribution in [0.1, 0.15) is 21.5 Å². The third-order valence-corrected chi connectivity index (χ3v) is 5.77. The number of nitrogens with one attached hydrogen (secondary N) is 1. The van der Waals surface area contributed by atoms with Crippen molar-refractivity contribution in [2.24, 2.45) is 5.10 Å². The fraction of sp³-hybridized carbons (Fsp3) is 0.0417. The maximum absolute atomic E-state index is 12.0. The van der Waals surface area contributed by atoms with E-state index in [0.717, 1.165) is 20.1 Å². The van der Waals surface area contributed by atoms with Gasteiger partial charge >= 0.3 is 0 Å². The van der Waals surface area contributed by atoms with Crippen LogP contribution in [0.5, 0.6) is 5.75 Å². The van der Waals surface area contributed by atoms with Crippen LogP contribution in [-0.2, 0) is 6.61 Å². The highest BCUT2D eigenvalue weighted by Crippen LogP contribution is 2.35. The van der Waals surface area contributed by atoms with Gasteiger partial charge in [-0.15, -0.1) is 0 Å². The monoisotopic (exact) mass is 537 g/mol. The first-order chi connectivity index (χ1) is 15.1. The zero-order valence-electron chi connectivity index (χ0n) is 16.3. The summed E-state index contributed by atoms with van der Waals surface area (Å²) in [7, 11) is 0. The normalized spacial score (nSPS) is 11.0. The van der Waals surface area contributed by atoms with E-state index in [1.807, 2.05) is 30.3 Å². The van der Waals surface area contributed by atoms with Crippen molar-refractivity contribution in [1.82, 2.24) is 10.4 Å². The molecule has 0 spiro atoms. The van der Waals surface area contributed by atoms with Crippen molar-refractivity contribution >= 4 is 54.8 Å². The Bertz CT molecular complexity index is 1230. The Balaban J connectivity index is 1.45. The van der Waals surface area contributed by atoms with E-state index in [-0.39, 0.29) is 5.91 Å². The van der Waals surface area contributed by atoms with Gasteiger partial charge in [-0.05, 0) is 78.0 Å². The number of aromatic nitrogens is 1. The molecular weight excluding hydrogens is 522 g/mol. The summed E-state index contributed by atoms with van der Waals surface area (Å²) in [6.07, 6.45) is 4.69. The molecule has 1 heterocycles. The Kier molecular flexibility index (Phi) is 6.74. The minimum absolute atomic E-state index is 0.299. The number of hydrogen-bond donors (Lipinski definition) is 1. The fourth-order valence-electron chi connectivity index (χ4n) is 3.09. The van der Waals surface area contributed by atoms with E-state index in [1.54, 1.807) is 30.7 Å². The molecule has 0 saturated carbocycles. The van der Waals surface area contributed by atoms with Gasteiger partial charge in [0.05, 0.1) is 15.2 Å². The van der Waals surface area contributed by atoms with Crippen LogP contribution in [0.25, 0.3) is 10.8 Å². The average Bonchev–Trinajstić information content (AvgIpc) is 2.79. The van der Waals surface area contributed by atoms with Gasteiger partial charge in [0.1, 0.15) is 12.4 Å². The highest BCUT2D eigenvalue weighted by Gasteiger charge is 2.10. The minimum Gasteiger partial charge on any atom is -0.487 e. The van der Waals surface area contributed by atoms with Crippen LogP contribution >= 0.6 is 31.9 Å². The third-order valence-electron chi connectivity index (χ3n) is 4.59. The molecule has 0 aliphatic carbocycles. The lowest BCUT2D eigenvalue weighted by Crippen LogP contribution is -2.17. The number of halogens is 2. The van der Waals surface area contributed by atoms with Gasteiger partial charge in [-0.1, -0.05) is 42.5 Å². The summed E-state index contributed by atoms with van der Waals surface area (Å²) in [5.74, 6) is 0.401. The lowest BCUT2D eigenvalue weighted by atomic mass is 10.1. The van der Waals surface area contributed by atoms with Crippen molar-refractivity contribution in [2.75, 3.05) is 0 Å². The van der Waals surface area contributed by atoms with Crippen molar-refractivity contribution in [1.29, 1.82) is 0 Å². The molecule has 0 atom stereocenters. The fourth-order valence-corrected chi connectivity index (χ4v) is 4.54. The van der Waals surface area contributed by atoms with Crippen molar-refractivity contribution in [3.63, 3.8) is 0 Å².